The molecule has 0 unspecified atom stereocenters. The van der Waals surface area contributed by atoms with E-state index in [-0.39, 0.29) is 5.89 Å². The Labute approximate surface area is 59.9 Å². The highest BCUT2D eigenvalue weighted by molar-refractivity contribution is 5.41. The van der Waals surface area contributed by atoms with Crippen LogP contribution in [0.3, 0.4) is 0 Å². The molecule has 2 heterocycles. The van der Waals surface area contributed by atoms with Crippen LogP contribution in [-0.2, 0) is 0 Å². The van der Waals surface area contributed by atoms with Gasteiger partial charge in [0, 0.05) is 0 Å². The van der Waals surface area contributed by atoms with Crippen molar-refractivity contribution in [1.29, 1.82) is 0 Å². The lowest BCUT2D eigenvalue weighted by atomic mass is 10.5. The number of rotatable bonds is 1. The van der Waals surface area contributed by atoms with Gasteiger partial charge in [0.25, 0.3) is 5.89 Å². The number of hydrogen-bond donors (Lipinski definition) is 1. The molecule has 2 rings (SSSR count). The van der Waals surface area contributed by atoms with E-state index in [0.29, 0.717) is 5.69 Å². The highest BCUT2D eigenvalue weighted by atomic mass is 16.4. The Morgan fingerprint density at radius 1 is 1.55 bits per heavy atom. The molecule has 0 atom stereocenters. The Balaban J connectivity index is 2.53. The molecule has 11 heavy (non-hydrogen) atoms. The van der Waals surface area contributed by atoms with Crippen LogP contribution in [0.2, 0.25) is 0 Å². The van der Waals surface area contributed by atoms with E-state index in [2.05, 4.69) is 24.0 Å². The predicted molar refractivity (Wildman–Crippen MR) is 32.6 cm³/mol. The number of nitrogens with one attached hydrogen (secondary N) is 1. The molecule has 6 nitrogen and oxygen atoms in total. The van der Waals surface area contributed by atoms with Crippen LogP contribution in [0, 0.1) is 0 Å². The fourth-order valence-electron chi connectivity index (χ4n) is 0.658. The number of aromatic nitrogens is 3. The van der Waals surface area contributed by atoms with Crippen LogP contribution in [0.1, 0.15) is 0 Å². The van der Waals surface area contributed by atoms with Gasteiger partial charge in [-0.1, -0.05) is 0 Å². The van der Waals surface area contributed by atoms with Crippen molar-refractivity contribution < 1.29 is 8.83 Å². The summed E-state index contributed by atoms with van der Waals surface area (Å²) >= 11 is 0. The number of nitrogens with zero attached hydrogens (tertiary/aromatic N) is 2. The summed E-state index contributed by atoms with van der Waals surface area (Å²) in [6, 6.07) is 0. The van der Waals surface area contributed by atoms with Crippen molar-refractivity contribution in [2.75, 3.05) is 0 Å². The second kappa shape index (κ2) is 2.08. The van der Waals surface area contributed by atoms with Crippen molar-refractivity contribution in [3.05, 3.63) is 23.2 Å². The second-order valence-corrected chi connectivity index (χ2v) is 1.79. The lowest BCUT2D eigenvalue weighted by Crippen LogP contribution is -1.93. The lowest BCUT2D eigenvalue weighted by Gasteiger charge is -1.78. The van der Waals surface area contributed by atoms with Gasteiger partial charge in [-0.3, -0.25) is 0 Å². The van der Waals surface area contributed by atoms with Gasteiger partial charge in [-0.25, -0.2) is 14.9 Å². The quantitative estimate of drug-likeness (QED) is 0.624. The van der Waals surface area contributed by atoms with Crippen molar-refractivity contribution >= 4 is 0 Å². The fraction of sp³-hybridized carbons (Fsp3) is 0. The number of H-pyrrole nitrogens is 1. The minimum atomic E-state index is -0.608. The van der Waals surface area contributed by atoms with Crippen LogP contribution in [-0.4, -0.2) is 15.2 Å². The van der Waals surface area contributed by atoms with Crippen molar-refractivity contribution in [3.63, 3.8) is 0 Å². The monoisotopic (exact) mass is 153 g/mol. The smallest absolute Gasteiger partial charge is 0.434 e. The molecule has 2 aromatic rings. The van der Waals surface area contributed by atoms with Crippen LogP contribution >= 0.6 is 0 Å². The number of oxazole rings is 1. The third-order valence-corrected chi connectivity index (χ3v) is 1.09. The molecular formula is C5H3N3O3. The standard InChI is InChI=1S/C5H3N3O3/c9-5-8-7-4(11-5)3-1-10-2-6-3/h1-2H,(H,8,9). The zero-order valence-electron chi connectivity index (χ0n) is 5.27. The first-order valence-corrected chi connectivity index (χ1v) is 2.80. The molecule has 0 saturated heterocycles. The van der Waals surface area contributed by atoms with Crippen LogP contribution in [0.15, 0.2) is 26.3 Å². The molecule has 0 fully saturated rings. The van der Waals surface area contributed by atoms with Crippen molar-refractivity contribution in [3.8, 4) is 11.6 Å². The molecule has 1 N–H and O–H groups in total. The minimum absolute atomic E-state index is 0.128. The summed E-state index contributed by atoms with van der Waals surface area (Å²) < 4.78 is 9.23. The summed E-state index contributed by atoms with van der Waals surface area (Å²) in [6.07, 6.45) is 2.56. The van der Waals surface area contributed by atoms with E-state index in [0.717, 1.165) is 0 Å². The van der Waals surface area contributed by atoms with Gasteiger partial charge < -0.3 is 8.83 Å². The lowest BCUT2D eigenvalue weighted by molar-refractivity contribution is 0.523. The van der Waals surface area contributed by atoms with Crippen LogP contribution in [0.25, 0.3) is 11.6 Å². The number of aromatic amines is 1. The summed E-state index contributed by atoms with van der Waals surface area (Å²) in [4.78, 5) is 14.2. The van der Waals surface area contributed by atoms with Crippen LogP contribution < -0.4 is 5.76 Å². The van der Waals surface area contributed by atoms with Crippen LogP contribution in [0.5, 0.6) is 0 Å². The SMILES string of the molecule is O=c1[nH]nc(-c2cocn2)o1. The van der Waals surface area contributed by atoms with Gasteiger partial charge in [-0.2, -0.15) is 0 Å². The van der Waals surface area contributed by atoms with Gasteiger partial charge in [0.1, 0.15) is 6.26 Å². The molecule has 0 amide bonds. The molecule has 0 aliphatic rings. The molecule has 6 heteroatoms. The topological polar surface area (TPSA) is 84.9 Å². The first-order chi connectivity index (χ1) is 5.36. The Morgan fingerprint density at radius 2 is 2.45 bits per heavy atom. The maximum absolute atomic E-state index is 10.4. The minimum Gasteiger partial charge on any atom is -0.451 e. The van der Waals surface area contributed by atoms with Gasteiger partial charge >= 0.3 is 5.76 Å². The zero-order valence-corrected chi connectivity index (χ0v) is 5.27. The Hall–Kier alpha value is -1.85. The highest BCUT2D eigenvalue weighted by Gasteiger charge is 2.06. The van der Waals surface area contributed by atoms with Gasteiger partial charge in [0.2, 0.25) is 0 Å². The normalized spacial score (nSPS) is 10.2. The van der Waals surface area contributed by atoms with Crippen molar-refractivity contribution in [1.82, 2.24) is 15.2 Å². The Bertz CT molecular complexity index is 385. The average Bonchev–Trinajstić information content (AvgIpc) is 2.55. The molecule has 56 valence electrons. The van der Waals surface area contributed by atoms with E-state index in [4.69, 9.17) is 0 Å². The molecule has 0 saturated carbocycles. The Morgan fingerprint density at radius 3 is 3.00 bits per heavy atom. The third-order valence-electron chi connectivity index (χ3n) is 1.09. The molecule has 0 radical (unpaired) electrons. The molecule has 0 aromatic carbocycles. The van der Waals surface area contributed by atoms with E-state index in [1.165, 1.54) is 12.7 Å². The average molecular weight is 153 g/mol. The highest BCUT2D eigenvalue weighted by Crippen LogP contribution is 2.09. The van der Waals surface area contributed by atoms with E-state index in [1.54, 1.807) is 0 Å². The summed E-state index contributed by atoms with van der Waals surface area (Å²) in [7, 11) is 0. The van der Waals surface area contributed by atoms with Gasteiger partial charge in [-0.05, 0) is 0 Å². The third kappa shape index (κ3) is 0.936. The molecule has 0 aliphatic carbocycles. The summed E-state index contributed by atoms with van der Waals surface area (Å²) in [6.45, 7) is 0. The first-order valence-electron chi connectivity index (χ1n) is 2.80. The Kier molecular flexibility index (Phi) is 1.12. The maximum Gasteiger partial charge on any atom is 0.434 e. The fourth-order valence-corrected chi connectivity index (χ4v) is 0.658. The van der Waals surface area contributed by atoms with E-state index in [1.807, 2.05) is 0 Å². The zero-order chi connectivity index (χ0) is 7.68. The van der Waals surface area contributed by atoms with E-state index in [9.17, 15) is 4.79 Å². The molecular weight excluding hydrogens is 150 g/mol. The van der Waals surface area contributed by atoms with Gasteiger partial charge in [-0.15, -0.1) is 5.10 Å². The largest absolute Gasteiger partial charge is 0.451 e. The molecule has 0 spiro atoms. The van der Waals surface area contributed by atoms with E-state index >= 15 is 0 Å². The summed E-state index contributed by atoms with van der Waals surface area (Å²) in [5, 5.41) is 5.63. The van der Waals surface area contributed by atoms with Crippen molar-refractivity contribution in [2.45, 2.75) is 0 Å². The summed E-state index contributed by atoms with van der Waals surface area (Å²) in [5.41, 5.74) is 0.392. The molecule has 0 aliphatic heterocycles. The van der Waals surface area contributed by atoms with E-state index < -0.39 is 5.76 Å². The second-order valence-electron chi connectivity index (χ2n) is 1.79. The molecule has 2 aromatic heterocycles. The first kappa shape index (κ1) is 5.90. The molecule has 0 bridgehead atoms. The van der Waals surface area contributed by atoms with Crippen molar-refractivity contribution in [2.24, 2.45) is 0 Å². The maximum atomic E-state index is 10.4. The number of hydrogen-bond acceptors (Lipinski definition) is 5. The van der Waals surface area contributed by atoms with Crippen LogP contribution in [0.4, 0.5) is 0 Å². The summed E-state index contributed by atoms with van der Waals surface area (Å²) in [5.74, 6) is -0.480. The van der Waals surface area contributed by atoms with Gasteiger partial charge in [0.15, 0.2) is 12.1 Å². The van der Waals surface area contributed by atoms with Gasteiger partial charge in [0.05, 0.1) is 0 Å². The predicted octanol–water partition coefficient (Wildman–Crippen LogP) is 0.0179.